The van der Waals surface area contributed by atoms with E-state index in [1.165, 1.54) is 0 Å². The number of nitrogens with zero attached hydrogens (tertiary/aromatic N) is 3. The Hall–Kier alpha value is -4.46. The molecule has 3 N–H and O–H groups in total. The number of hydrogen-bond donors (Lipinski definition) is 3. The summed E-state index contributed by atoms with van der Waals surface area (Å²) >= 11 is 0. The fraction of sp³-hybridized carbons (Fsp3) is 0.667. The Morgan fingerprint density at radius 3 is 1.99 bits per heavy atom. The Labute approximate surface area is 414 Å². The molecule has 0 bridgehead atoms. The van der Waals surface area contributed by atoms with Gasteiger partial charge in [0.05, 0.1) is 51.6 Å². The number of rotatable bonds is 38. The maximum atomic E-state index is 13.5. The van der Waals surface area contributed by atoms with E-state index in [0.29, 0.717) is 104 Å². The Bertz CT molecular complexity index is 1870. The van der Waals surface area contributed by atoms with Gasteiger partial charge in [0.2, 0.25) is 17.7 Å². The van der Waals surface area contributed by atoms with Gasteiger partial charge < -0.3 is 49.3 Å². The molecule has 0 saturated heterocycles. The fourth-order valence-corrected chi connectivity index (χ4v) is 8.37. The van der Waals surface area contributed by atoms with Crippen LogP contribution in [0.4, 0.5) is 0 Å². The molecule has 2 aromatic carbocycles. The van der Waals surface area contributed by atoms with Gasteiger partial charge in [-0.1, -0.05) is 44.0 Å². The van der Waals surface area contributed by atoms with Crippen LogP contribution in [0.15, 0.2) is 46.3 Å². The molecule has 3 amide bonds. The summed E-state index contributed by atoms with van der Waals surface area (Å²) in [4.78, 5) is 56.6. The van der Waals surface area contributed by atoms with Crippen molar-refractivity contribution in [2.45, 2.75) is 122 Å². The summed E-state index contributed by atoms with van der Waals surface area (Å²) in [5, 5.41) is 9.13. The zero-order valence-electron chi connectivity index (χ0n) is 42.6. The van der Waals surface area contributed by atoms with Gasteiger partial charge in [-0.2, -0.15) is 0 Å². The molecule has 0 aliphatic carbocycles. The van der Waals surface area contributed by atoms with Gasteiger partial charge in [-0.3, -0.25) is 24.2 Å². The highest BCUT2D eigenvalue weighted by atomic mass is 32.2. The van der Waals surface area contributed by atoms with Crippen LogP contribution in [-0.2, 0) is 60.4 Å². The number of carbonyl (C=O) groups is 4. The third-order valence-corrected chi connectivity index (χ3v) is 13.2. The molecule has 18 heteroatoms. The molecule has 388 valence electrons. The van der Waals surface area contributed by atoms with Crippen molar-refractivity contribution in [2.75, 3.05) is 106 Å². The summed E-state index contributed by atoms with van der Waals surface area (Å²) in [5.74, 6) is 1.18. The van der Waals surface area contributed by atoms with E-state index in [-0.39, 0.29) is 43.3 Å². The Kier molecular flexibility index (Phi) is 29.0. The van der Waals surface area contributed by atoms with Gasteiger partial charge in [0.15, 0.2) is 0 Å². The van der Waals surface area contributed by atoms with E-state index in [1.807, 2.05) is 71.0 Å². The van der Waals surface area contributed by atoms with Crippen molar-refractivity contribution in [1.82, 2.24) is 25.2 Å². The average molecular weight is 987 g/mol. The zero-order valence-corrected chi connectivity index (χ0v) is 43.4. The van der Waals surface area contributed by atoms with Crippen LogP contribution in [0.1, 0.15) is 114 Å². The third-order valence-electron chi connectivity index (χ3n) is 11.5. The Balaban J connectivity index is 1.20. The molecule has 0 radical (unpaired) electrons. The number of aryl methyl sites for hydroxylation is 2. The van der Waals surface area contributed by atoms with Crippen LogP contribution in [-0.4, -0.2) is 155 Å². The minimum absolute atomic E-state index is 0.0288. The topological polar surface area (TPSA) is 196 Å². The number of ether oxygens (including phenoxy) is 6. The van der Waals surface area contributed by atoms with Crippen molar-refractivity contribution >= 4 is 40.5 Å². The lowest BCUT2D eigenvalue weighted by Gasteiger charge is -2.24. The number of benzene rings is 2. The second kappa shape index (κ2) is 34.0. The summed E-state index contributed by atoms with van der Waals surface area (Å²) in [6.07, 6.45) is 7.05. The van der Waals surface area contributed by atoms with E-state index in [2.05, 4.69) is 20.9 Å². The normalized spacial score (nSPS) is 12.9. The van der Waals surface area contributed by atoms with Gasteiger partial charge in [0.1, 0.15) is 34.8 Å². The van der Waals surface area contributed by atoms with Gasteiger partial charge in [-0.15, -0.1) is 0 Å². The number of carbonyl (C=O) groups excluding carboxylic acids is 4. The molecule has 0 spiro atoms. The van der Waals surface area contributed by atoms with Gasteiger partial charge in [-0.05, 0) is 95.0 Å². The smallest absolute Gasteiger partial charge is 0.306 e. The molecular weight excluding hydrogens is 905 g/mol. The minimum Gasteiger partial charge on any atom is -0.497 e. The van der Waals surface area contributed by atoms with E-state index in [4.69, 9.17) is 28.4 Å². The molecule has 1 aliphatic rings. The van der Waals surface area contributed by atoms with Gasteiger partial charge in [-0.25, -0.2) is 8.51 Å². The molecule has 0 aromatic heterocycles. The van der Waals surface area contributed by atoms with E-state index >= 15 is 0 Å². The second-order valence-electron chi connectivity index (χ2n) is 17.8. The lowest BCUT2D eigenvalue weighted by Crippen LogP contribution is -2.36. The summed E-state index contributed by atoms with van der Waals surface area (Å²) in [5.41, 5.74) is 3.31. The number of aliphatic imine (C=N–C) groups is 1. The molecule has 17 nitrogen and oxygen atoms in total. The first-order valence-electron chi connectivity index (χ1n) is 24.7. The van der Waals surface area contributed by atoms with Crippen LogP contribution in [0, 0.1) is 13.8 Å². The quantitative estimate of drug-likeness (QED) is 0.0560. The van der Waals surface area contributed by atoms with Crippen molar-refractivity contribution in [1.29, 1.82) is 0 Å². The Morgan fingerprint density at radius 2 is 1.36 bits per heavy atom. The molecule has 1 heterocycles. The largest absolute Gasteiger partial charge is 0.497 e. The number of amidine groups is 1. The first-order chi connectivity index (χ1) is 33.2. The van der Waals surface area contributed by atoms with Crippen LogP contribution >= 0.6 is 0 Å². The number of nitrogens with one attached hydrogen (secondary N) is 3. The summed E-state index contributed by atoms with van der Waals surface area (Å²) < 4.78 is 48.8. The standard InChI is InChI=1S/C51H82N6O11S/c1-8-51(4,5)68-48(61)18-13-17-46(59)52-23-12-10-9-11-16-45(58)53-24-14-29-64-32-34-66-35-33-65-30-15-27-57(38-42-19-21-43(22-20-42)50-54-25-26-55-50)47(60)39-67-31-28-56(6)69(62)49-40(2)36-44(63-7)37-41(49)3/h19-22,36-37H,8-18,23-35,38-39H2,1-7H3,(H,52,59)(H,53,58)(H,54,55). The number of amides is 3. The van der Waals surface area contributed by atoms with Crippen LogP contribution in [0.2, 0.25) is 0 Å². The minimum atomic E-state index is -1.40. The fourth-order valence-electron chi connectivity index (χ4n) is 7.15. The van der Waals surface area contributed by atoms with Crippen molar-refractivity contribution in [3.63, 3.8) is 0 Å². The van der Waals surface area contributed by atoms with Crippen LogP contribution in [0.5, 0.6) is 5.75 Å². The van der Waals surface area contributed by atoms with Crippen LogP contribution in [0.25, 0.3) is 0 Å². The molecule has 0 fully saturated rings. The molecule has 69 heavy (non-hydrogen) atoms. The van der Waals surface area contributed by atoms with Crippen LogP contribution < -0.4 is 20.7 Å². The van der Waals surface area contributed by atoms with Crippen molar-refractivity contribution in [2.24, 2.45) is 4.99 Å². The summed E-state index contributed by atoms with van der Waals surface area (Å²) in [6.45, 7) is 16.4. The van der Waals surface area contributed by atoms with Crippen molar-refractivity contribution in [3.05, 3.63) is 58.7 Å². The Morgan fingerprint density at radius 1 is 0.754 bits per heavy atom. The highest BCUT2D eigenvalue weighted by molar-refractivity contribution is 7.82. The molecule has 0 saturated carbocycles. The summed E-state index contributed by atoms with van der Waals surface area (Å²) in [7, 11) is 1.99. The number of unbranched alkanes of at least 4 members (excludes halogenated alkanes) is 3. The van der Waals surface area contributed by atoms with Crippen molar-refractivity contribution in [3.8, 4) is 5.75 Å². The molecular formula is C51H82N6O11S. The molecule has 1 aliphatic heterocycles. The SMILES string of the molecule is CCC(C)(C)OC(=O)CCCC(=O)NCCCCCCC(=O)NCCCOCCOCCOCCCN(Cc1ccc(C2=NCCN2)cc1)C(=O)COCCN(C)S(=O)c1c(C)cc(OC)cc1C. The predicted octanol–water partition coefficient (Wildman–Crippen LogP) is 5.58. The number of methoxy groups -OCH3 is 1. The maximum absolute atomic E-state index is 13.5. The predicted molar refractivity (Wildman–Crippen MR) is 269 cm³/mol. The number of likely N-dealkylation sites (N-methyl/N-ethyl adjacent to an activating group) is 1. The monoisotopic (exact) mass is 987 g/mol. The van der Waals surface area contributed by atoms with E-state index in [0.717, 1.165) is 83.9 Å². The first kappa shape index (κ1) is 58.9. The molecule has 1 unspecified atom stereocenters. The van der Waals surface area contributed by atoms with E-state index in [1.54, 1.807) is 23.4 Å². The summed E-state index contributed by atoms with van der Waals surface area (Å²) in [6, 6.07) is 11.8. The molecule has 1 atom stereocenters. The van der Waals surface area contributed by atoms with Crippen LogP contribution in [0.3, 0.4) is 0 Å². The van der Waals surface area contributed by atoms with Gasteiger partial charge in [0, 0.05) is 84.4 Å². The van der Waals surface area contributed by atoms with Gasteiger partial charge in [0.25, 0.3) is 0 Å². The van der Waals surface area contributed by atoms with Gasteiger partial charge >= 0.3 is 5.97 Å². The second-order valence-corrected chi connectivity index (χ2v) is 19.3. The highest BCUT2D eigenvalue weighted by Gasteiger charge is 2.21. The first-order valence-corrected chi connectivity index (χ1v) is 25.8. The number of esters is 1. The number of hydrogen-bond acceptors (Lipinski definition) is 13. The lowest BCUT2D eigenvalue weighted by atomic mass is 10.1. The molecule has 2 aromatic rings. The third kappa shape index (κ3) is 24.8. The molecule has 3 rings (SSSR count). The van der Waals surface area contributed by atoms with E-state index in [9.17, 15) is 23.4 Å². The lowest BCUT2D eigenvalue weighted by molar-refractivity contribution is -0.156. The average Bonchev–Trinajstić information content (AvgIpc) is 3.87. The zero-order chi connectivity index (χ0) is 50.3. The maximum Gasteiger partial charge on any atom is 0.306 e. The van der Waals surface area contributed by atoms with E-state index < -0.39 is 16.6 Å². The highest BCUT2D eigenvalue weighted by Crippen LogP contribution is 2.25. The van der Waals surface area contributed by atoms with Crippen molar-refractivity contribution < 1.29 is 51.8 Å².